The fourth-order valence-corrected chi connectivity index (χ4v) is 1.27. The lowest BCUT2D eigenvalue weighted by Gasteiger charge is -2.10. The van der Waals surface area contributed by atoms with E-state index in [0.717, 1.165) is 5.56 Å². The van der Waals surface area contributed by atoms with Crippen molar-refractivity contribution in [1.82, 2.24) is 15.1 Å². The van der Waals surface area contributed by atoms with Gasteiger partial charge in [0.1, 0.15) is 5.15 Å². The molecule has 16 heavy (non-hydrogen) atoms. The van der Waals surface area contributed by atoms with Crippen LogP contribution >= 0.6 is 11.6 Å². The van der Waals surface area contributed by atoms with Crippen LogP contribution in [0.3, 0.4) is 0 Å². The molecular weight excluding hydrogens is 226 g/mol. The summed E-state index contributed by atoms with van der Waals surface area (Å²) in [5, 5.41) is 4.36. The van der Waals surface area contributed by atoms with Gasteiger partial charge in [-0.2, -0.15) is 4.98 Å². The molecule has 2 rings (SSSR count). The van der Waals surface area contributed by atoms with Gasteiger partial charge in [-0.15, -0.1) is 0 Å². The van der Waals surface area contributed by atoms with Crippen LogP contribution in [0.15, 0.2) is 22.9 Å². The highest BCUT2D eigenvalue weighted by atomic mass is 35.5. The molecule has 0 aliphatic heterocycles. The first kappa shape index (κ1) is 11.1. The van der Waals surface area contributed by atoms with Gasteiger partial charge in [0.25, 0.3) is 0 Å². The van der Waals surface area contributed by atoms with E-state index in [9.17, 15) is 0 Å². The van der Waals surface area contributed by atoms with Crippen molar-refractivity contribution in [3.63, 3.8) is 0 Å². The number of hydrogen-bond acceptors (Lipinski definition) is 4. The van der Waals surface area contributed by atoms with E-state index < -0.39 is 0 Å². The summed E-state index contributed by atoms with van der Waals surface area (Å²) in [6.45, 7) is 6.05. The Kier molecular flexibility index (Phi) is 2.68. The summed E-state index contributed by atoms with van der Waals surface area (Å²) in [6.07, 6.45) is 1.62. The van der Waals surface area contributed by atoms with Crippen molar-refractivity contribution < 1.29 is 4.52 Å². The quantitative estimate of drug-likeness (QED) is 0.716. The minimum Gasteiger partial charge on any atom is -0.338 e. The van der Waals surface area contributed by atoms with Crippen LogP contribution in [-0.2, 0) is 5.41 Å². The fraction of sp³-hybridized carbons (Fsp3) is 0.364. The minimum absolute atomic E-state index is 0.148. The van der Waals surface area contributed by atoms with Crippen LogP contribution < -0.4 is 0 Å². The smallest absolute Gasteiger partial charge is 0.232 e. The van der Waals surface area contributed by atoms with Gasteiger partial charge in [0.15, 0.2) is 0 Å². The number of hydrogen-bond donors (Lipinski definition) is 0. The highest BCUT2D eigenvalue weighted by Crippen LogP contribution is 2.23. The molecule has 84 valence electrons. The van der Waals surface area contributed by atoms with Gasteiger partial charge in [-0.05, 0) is 12.1 Å². The van der Waals surface area contributed by atoms with Gasteiger partial charge >= 0.3 is 0 Å². The normalized spacial score (nSPS) is 11.8. The van der Waals surface area contributed by atoms with Crippen LogP contribution in [0.4, 0.5) is 0 Å². The summed E-state index contributed by atoms with van der Waals surface area (Å²) in [5.41, 5.74) is 0.647. The number of nitrogens with zero attached hydrogens (tertiary/aromatic N) is 3. The lowest BCUT2D eigenvalue weighted by Crippen LogP contribution is -2.11. The fourth-order valence-electron chi connectivity index (χ4n) is 1.15. The van der Waals surface area contributed by atoms with Crippen LogP contribution in [0.1, 0.15) is 26.7 Å². The highest BCUT2D eigenvalue weighted by Gasteiger charge is 2.22. The Balaban J connectivity index is 2.35. The molecule has 0 aliphatic rings. The lowest BCUT2D eigenvalue weighted by atomic mass is 9.97. The number of pyridine rings is 1. The lowest BCUT2D eigenvalue weighted by molar-refractivity contribution is 0.321. The third-order valence-corrected chi connectivity index (χ3v) is 2.28. The summed E-state index contributed by atoms with van der Waals surface area (Å²) in [6, 6.07) is 3.51. The van der Waals surface area contributed by atoms with E-state index >= 15 is 0 Å². The van der Waals surface area contributed by atoms with E-state index in [-0.39, 0.29) is 5.41 Å². The molecule has 0 saturated heterocycles. The first-order valence-electron chi connectivity index (χ1n) is 4.93. The predicted molar refractivity (Wildman–Crippen MR) is 61.2 cm³/mol. The molecule has 0 fully saturated rings. The zero-order valence-electron chi connectivity index (χ0n) is 9.36. The molecule has 0 saturated carbocycles. The van der Waals surface area contributed by atoms with E-state index in [1.54, 1.807) is 12.3 Å². The first-order chi connectivity index (χ1) is 7.47. The molecule has 5 heteroatoms. The molecule has 0 unspecified atom stereocenters. The van der Waals surface area contributed by atoms with E-state index in [1.165, 1.54) is 0 Å². The summed E-state index contributed by atoms with van der Waals surface area (Å²) < 4.78 is 5.19. The number of halogens is 1. The van der Waals surface area contributed by atoms with Crippen molar-refractivity contribution in [3.05, 3.63) is 29.4 Å². The Hall–Kier alpha value is -1.42. The topological polar surface area (TPSA) is 51.8 Å². The average Bonchev–Trinajstić information content (AvgIpc) is 2.67. The predicted octanol–water partition coefficient (Wildman–Crippen LogP) is 3.08. The molecule has 0 amide bonds. The number of rotatable bonds is 1. The third-order valence-electron chi connectivity index (χ3n) is 2.05. The van der Waals surface area contributed by atoms with Gasteiger partial charge in [0.2, 0.25) is 11.7 Å². The summed E-state index contributed by atoms with van der Waals surface area (Å²) in [5.74, 6) is 1.14. The van der Waals surface area contributed by atoms with Crippen LogP contribution in [0.5, 0.6) is 0 Å². The summed E-state index contributed by atoms with van der Waals surface area (Å²) in [7, 11) is 0. The Morgan fingerprint density at radius 3 is 2.50 bits per heavy atom. The van der Waals surface area contributed by atoms with Gasteiger partial charge in [0, 0.05) is 17.2 Å². The molecule has 0 aromatic carbocycles. The van der Waals surface area contributed by atoms with Crippen LogP contribution in [0.25, 0.3) is 11.4 Å². The second-order valence-electron chi connectivity index (χ2n) is 4.54. The van der Waals surface area contributed by atoms with E-state index in [0.29, 0.717) is 16.9 Å². The second-order valence-corrected chi connectivity index (χ2v) is 4.93. The van der Waals surface area contributed by atoms with Crippen molar-refractivity contribution in [3.8, 4) is 11.4 Å². The van der Waals surface area contributed by atoms with Crippen molar-refractivity contribution >= 4 is 11.6 Å². The summed E-state index contributed by atoms with van der Waals surface area (Å²) >= 11 is 5.70. The highest BCUT2D eigenvalue weighted by molar-refractivity contribution is 6.29. The summed E-state index contributed by atoms with van der Waals surface area (Å²) in [4.78, 5) is 8.29. The molecular formula is C11H12ClN3O. The van der Waals surface area contributed by atoms with Gasteiger partial charge in [-0.25, -0.2) is 4.98 Å². The van der Waals surface area contributed by atoms with Gasteiger partial charge in [0.05, 0.1) is 0 Å². The standard InChI is InChI=1S/C11H12ClN3O/c1-11(2,3)10-14-9(15-16-10)7-4-5-8(12)13-6-7/h4-6H,1-3H3. The molecule has 0 N–H and O–H groups in total. The molecule has 0 bridgehead atoms. The maximum Gasteiger partial charge on any atom is 0.232 e. The van der Waals surface area contributed by atoms with Crippen LogP contribution in [0.2, 0.25) is 5.15 Å². The SMILES string of the molecule is CC(C)(C)c1nc(-c2ccc(Cl)nc2)no1. The van der Waals surface area contributed by atoms with Crippen LogP contribution in [0, 0.1) is 0 Å². The largest absolute Gasteiger partial charge is 0.338 e. The third kappa shape index (κ3) is 2.22. The van der Waals surface area contributed by atoms with Crippen molar-refractivity contribution in [2.24, 2.45) is 0 Å². The maximum atomic E-state index is 5.70. The molecule has 2 aromatic rings. The van der Waals surface area contributed by atoms with Crippen molar-refractivity contribution in [2.45, 2.75) is 26.2 Å². The number of aromatic nitrogens is 3. The zero-order chi connectivity index (χ0) is 11.8. The second kappa shape index (κ2) is 3.87. The van der Waals surface area contributed by atoms with Gasteiger partial charge in [-0.1, -0.05) is 37.5 Å². The van der Waals surface area contributed by atoms with Gasteiger partial charge < -0.3 is 4.52 Å². The zero-order valence-corrected chi connectivity index (χ0v) is 10.1. The minimum atomic E-state index is -0.148. The first-order valence-corrected chi connectivity index (χ1v) is 5.31. The molecule has 0 radical (unpaired) electrons. The maximum absolute atomic E-state index is 5.70. The van der Waals surface area contributed by atoms with E-state index in [2.05, 4.69) is 15.1 Å². The monoisotopic (exact) mass is 237 g/mol. The van der Waals surface area contributed by atoms with E-state index in [4.69, 9.17) is 16.1 Å². The van der Waals surface area contributed by atoms with Gasteiger partial charge in [-0.3, -0.25) is 0 Å². The van der Waals surface area contributed by atoms with E-state index in [1.807, 2.05) is 26.8 Å². The van der Waals surface area contributed by atoms with Crippen LogP contribution in [-0.4, -0.2) is 15.1 Å². The molecule has 2 heterocycles. The molecule has 2 aromatic heterocycles. The van der Waals surface area contributed by atoms with Crippen molar-refractivity contribution in [2.75, 3.05) is 0 Å². The Bertz CT molecular complexity index is 485. The van der Waals surface area contributed by atoms with Crippen molar-refractivity contribution in [1.29, 1.82) is 0 Å². The molecule has 0 atom stereocenters. The Morgan fingerprint density at radius 2 is 2.00 bits per heavy atom. The average molecular weight is 238 g/mol. The molecule has 0 aliphatic carbocycles. The Labute approximate surface area is 98.7 Å². The Morgan fingerprint density at radius 1 is 1.25 bits per heavy atom. The molecule has 4 nitrogen and oxygen atoms in total. The molecule has 0 spiro atoms.